The van der Waals surface area contributed by atoms with Crippen LogP contribution in [-0.4, -0.2) is 23.3 Å². The molecule has 2 N–H and O–H groups in total. The number of hydrogen-bond acceptors (Lipinski definition) is 5. The molecule has 0 aliphatic rings. The van der Waals surface area contributed by atoms with Gasteiger partial charge >= 0.3 is 0 Å². The van der Waals surface area contributed by atoms with Crippen LogP contribution in [0.4, 0.5) is 0 Å². The molecular weight excluding hydrogens is 230 g/mol. The molecule has 0 aromatic carbocycles. The van der Waals surface area contributed by atoms with Gasteiger partial charge in [-0.3, -0.25) is 0 Å². The second kappa shape index (κ2) is 8.21. The van der Waals surface area contributed by atoms with Gasteiger partial charge in [-0.15, -0.1) is 0 Å². The fraction of sp³-hybridized carbons (Fsp3) is 0.846. The highest BCUT2D eigenvalue weighted by Crippen LogP contribution is 2.19. The van der Waals surface area contributed by atoms with Gasteiger partial charge in [0.2, 0.25) is 11.7 Å². The zero-order valence-electron chi connectivity index (χ0n) is 11.7. The van der Waals surface area contributed by atoms with E-state index in [4.69, 9.17) is 15.0 Å². The summed E-state index contributed by atoms with van der Waals surface area (Å²) in [5.74, 6) is 1.96. The number of hydrogen-bond donors (Lipinski definition) is 1. The Morgan fingerprint density at radius 1 is 1.33 bits per heavy atom. The molecule has 0 aliphatic carbocycles. The fourth-order valence-electron chi connectivity index (χ4n) is 1.88. The Morgan fingerprint density at radius 3 is 2.72 bits per heavy atom. The van der Waals surface area contributed by atoms with Gasteiger partial charge in [0.15, 0.2) is 0 Å². The average molecular weight is 255 g/mol. The average Bonchev–Trinajstić information content (AvgIpc) is 2.82. The molecule has 0 radical (unpaired) electrons. The first-order valence-corrected chi connectivity index (χ1v) is 6.85. The third kappa shape index (κ3) is 4.74. The van der Waals surface area contributed by atoms with Crippen molar-refractivity contribution in [2.75, 3.05) is 13.2 Å². The lowest BCUT2D eigenvalue weighted by Gasteiger charge is -2.09. The van der Waals surface area contributed by atoms with Crippen molar-refractivity contribution in [2.24, 2.45) is 11.7 Å². The maximum atomic E-state index is 5.55. The molecule has 0 fully saturated rings. The minimum atomic E-state index is -0.0473. The Morgan fingerprint density at radius 2 is 2.11 bits per heavy atom. The van der Waals surface area contributed by atoms with E-state index in [9.17, 15) is 0 Å². The van der Waals surface area contributed by atoms with E-state index in [1.165, 1.54) is 0 Å². The Bertz CT molecular complexity index is 328. The summed E-state index contributed by atoms with van der Waals surface area (Å²) in [5.41, 5.74) is 5.53. The third-order valence-corrected chi connectivity index (χ3v) is 3.02. The second-order valence-electron chi connectivity index (χ2n) is 4.62. The summed E-state index contributed by atoms with van der Waals surface area (Å²) in [7, 11) is 0. The molecule has 18 heavy (non-hydrogen) atoms. The molecule has 0 aliphatic heterocycles. The number of ether oxygens (including phenoxy) is 1. The van der Waals surface area contributed by atoms with Gasteiger partial charge in [-0.2, -0.15) is 4.98 Å². The minimum absolute atomic E-state index is 0.0473. The van der Waals surface area contributed by atoms with Crippen molar-refractivity contribution in [1.29, 1.82) is 0 Å². The van der Waals surface area contributed by atoms with Crippen LogP contribution in [0.2, 0.25) is 0 Å². The van der Waals surface area contributed by atoms with Crippen LogP contribution in [0.3, 0.4) is 0 Å². The molecule has 5 heteroatoms. The van der Waals surface area contributed by atoms with Crippen LogP contribution in [0.25, 0.3) is 0 Å². The summed E-state index contributed by atoms with van der Waals surface area (Å²) in [6, 6.07) is 0. The van der Waals surface area contributed by atoms with E-state index in [2.05, 4.69) is 24.0 Å². The number of aryl methyl sites for hydroxylation is 1. The van der Waals surface area contributed by atoms with Gasteiger partial charge in [0.1, 0.15) is 6.10 Å². The van der Waals surface area contributed by atoms with Crippen LogP contribution in [0, 0.1) is 5.92 Å². The van der Waals surface area contributed by atoms with Crippen LogP contribution in [0.5, 0.6) is 0 Å². The van der Waals surface area contributed by atoms with Crippen molar-refractivity contribution in [3.05, 3.63) is 11.7 Å². The Labute approximate surface area is 109 Å². The van der Waals surface area contributed by atoms with Crippen LogP contribution < -0.4 is 5.73 Å². The topological polar surface area (TPSA) is 74.2 Å². The van der Waals surface area contributed by atoms with Crippen molar-refractivity contribution in [3.63, 3.8) is 0 Å². The molecule has 5 nitrogen and oxygen atoms in total. The molecular formula is C13H25N3O2. The fourth-order valence-corrected chi connectivity index (χ4v) is 1.88. The van der Waals surface area contributed by atoms with Gasteiger partial charge in [0.25, 0.3) is 0 Å². The van der Waals surface area contributed by atoms with Gasteiger partial charge in [0.05, 0.1) is 0 Å². The smallest absolute Gasteiger partial charge is 0.226 e. The van der Waals surface area contributed by atoms with Crippen LogP contribution >= 0.6 is 0 Å². The predicted octanol–water partition coefficient (Wildman–Crippen LogP) is 2.47. The van der Waals surface area contributed by atoms with E-state index >= 15 is 0 Å². The van der Waals surface area contributed by atoms with Crippen molar-refractivity contribution < 1.29 is 9.26 Å². The molecule has 1 aromatic rings. The normalized spacial score (nSPS) is 14.7. The molecule has 0 saturated carbocycles. The molecule has 0 saturated heterocycles. The summed E-state index contributed by atoms with van der Waals surface area (Å²) in [6.45, 7) is 7.62. The van der Waals surface area contributed by atoms with Crippen molar-refractivity contribution >= 4 is 0 Å². The van der Waals surface area contributed by atoms with Crippen molar-refractivity contribution in [1.82, 2.24) is 10.1 Å². The lowest BCUT2D eigenvalue weighted by molar-refractivity contribution is 0.0518. The Balaban J connectivity index is 2.47. The number of aromatic nitrogens is 2. The minimum Gasteiger partial charge on any atom is -0.370 e. The molecule has 1 rings (SSSR count). The van der Waals surface area contributed by atoms with Gasteiger partial charge in [-0.05, 0) is 38.6 Å². The van der Waals surface area contributed by atoms with E-state index in [1.807, 2.05) is 6.92 Å². The number of nitrogens with zero attached hydrogens (tertiary/aromatic N) is 2. The maximum Gasteiger partial charge on any atom is 0.226 e. The van der Waals surface area contributed by atoms with E-state index in [0.29, 0.717) is 24.2 Å². The largest absolute Gasteiger partial charge is 0.370 e. The van der Waals surface area contributed by atoms with Crippen LogP contribution in [0.15, 0.2) is 4.52 Å². The highest BCUT2D eigenvalue weighted by molar-refractivity contribution is 4.91. The monoisotopic (exact) mass is 255 g/mol. The maximum absolute atomic E-state index is 5.55. The molecule has 0 amide bonds. The zero-order valence-corrected chi connectivity index (χ0v) is 11.7. The van der Waals surface area contributed by atoms with Gasteiger partial charge < -0.3 is 15.0 Å². The van der Waals surface area contributed by atoms with Crippen LogP contribution in [-0.2, 0) is 11.2 Å². The summed E-state index contributed by atoms with van der Waals surface area (Å²) >= 11 is 0. The first kappa shape index (κ1) is 15.1. The molecule has 104 valence electrons. The second-order valence-corrected chi connectivity index (χ2v) is 4.62. The Hall–Kier alpha value is -0.940. The zero-order chi connectivity index (χ0) is 13.4. The third-order valence-electron chi connectivity index (χ3n) is 3.02. The van der Waals surface area contributed by atoms with E-state index in [0.717, 1.165) is 32.2 Å². The lowest BCUT2D eigenvalue weighted by atomic mass is 10.0. The Kier molecular flexibility index (Phi) is 6.90. The van der Waals surface area contributed by atoms with Gasteiger partial charge in [0, 0.05) is 13.0 Å². The summed E-state index contributed by atoms with van der Waals surface area (Å²) < 4.78 is 10.8. The van der Waals surface area contributed by atoms with Crippen molar-refractivity contribution in [3.8, 4) is 0 Å². The van der Waals surface area contributed by atoms with Gasteiger partial charge in [-0.25, -0.2) is 0 Å². The highest BCUT2D eigenvalue weighted by Gasteiger charge is 2.16. The number of rotatable bonds is 9. The van der Waals surface area contributed by atoms with Crippen LogP contribution in [0.1, 0.15) is 57.9 Å². The van der Waals surface area contributed by atoms with Crippen molar-refractivity contribution in [2.45, 2.75) is 52.6 Å². The summed E-state index contributed by atoms with van der Waals surface area (Å²) in [4.78, 5) is 4.40. The first-order valence-electron chi connectivity index (χ1n) is 6.85. The standard InChI is InChI=1S/C13H25N3O2/c1-4-11(17-5-2)13-15-12(18-16-13)7-6-10(3)8-9-14/h10-11H,4-9,14H2,1-3H3. The molecule has 1 heterocycles. The quantitative estimate of drug-likeness (QED) is 0.733. The molecule has 0 spiro atoms. The molecule has 0 bridgehead atoms. The van der Waals surface area contributed by atoms with E-state index < -0.39 is 0 Å². The summed E-state index contributed by atoms with van der Waals surface area (Å²) in [5, 5.41) is 3.99. The van der Waals surface area contributed by atoms with E-state index in [1.54, 1.807) is 0 Å². The highest BCUT2D eigenvalue weighted by atomic mass is 16.5. The number of nitrogens with two attached hydrogens (primary N) is 1. The van der Waals surface area contributed by atoms with Gasteiger partial charge in [-0.1, -0.05) is 19.0 Å². The molecule has 2 atom stereocenters. The molecule has 2 unspecified atom stereocenters. The lowest BCUT2D eigenvalue weighted by Crippen LogP contribution is -2.07. The summed E-state index contributed by atoms with van der Waals surface area (Å²) in [6.07, 6.45) is 3.70. The first-order chi connectivity index (χ1) is 8.71. The predicted molar refractivity (Wildman–Crippen MR) is 70.1 cm³/mol. The van der Waals surface area contributed by atoms with E-state index in [-0.39, 0.29) is 6.10 Å². The molecule has 1 aromatic heterocycles. The SMILES string of the molecule is CCOC(CC)c1noc(CCC(C)CCN)n1.